The van der Waals surface area contributed by atoms with Crippen LogP contribution in [0.25, 0.3) is 0 Å². The summed E-state index contributed by atoms with van der Waals surface area (Å²) in [5.74, 6) is 1.05. The predicted molar refractivity (Wildman–Crippen MR) is 107 cm³/mol. The number of tetrazole rings is 1. The van der Waals surface area contributed by atoms with Crippen molar-refractivity contribution in [2.24, 2.45) is 0 Å². The lowest BCUT2D eigenvalue weighted by atomic mass is 9.98. The first kappa shape index (κ1) is 19.0. The zero-order valence-electron chi connectivity index (χ0n) is 15.5. The summed E-state index contributed by atoms with van der Waals surface area (Å²) in [6.07, 6.45) is 0. The number of thioether (sulfide) groups is 2. The highest BCUT2D eigenvalue weighted by molar-refractivity contribution is 8.01. The molecule has 28 heavy (non-hydrogen) atoms. The monoisotopic (exact) mass is 416 g/mol. The number of H-pyrrole nitrogens is 1. The number of aromatic amines is 1. The number of allylic oxidation sites excluding steroid dienone is 1. The zero-order chi connectivity index (χ0) is 19.7. The lowest BCUT2D eigenvalue weighted by Gasteiger charge is -2.50. The van der Waals surface area contributed by atoms with E-state index in [1.807, 2.05) is 44.2 Å². The molecule has 8 nitrogen and oxygen atoms in total. The molecule has 1 aromatic carbocycles. The SMILES string of the molecule is CC1=C(CSc2nn[nH]n2)CS[C@@H]2C(NC(=O)C(C)c3ccccc3)C(=O)N12. The Kier molecular flexibility index (Phi) is 5.40. The zero-order valence-corrected chi connectivity index (χ0v) is 17.1. The molecule has 3 atom stereocenters. The minimum atomic E-state index is -0.468. The van der Waals surface area contributed by atoms with Gasteiger partial charge in [-0.2, -0.15) is 5.21 Å². The maximum Gasteiger partial charge on any atom is 0.253 e. The third-order valence-electron chi connectivity index (χ3n) is 5.04. The molecule has 4 rings (SSSR count). The molecular formula is C18H20N6O2S2. The van der Waals surface area contributed by atoms with E-state index in [1.54, 1.807) is 16.7 Å². The van der Waals surface area contributed by atoms with E-state index >= 15 is 0 Å². The van der Waals surface area contributed by atoms with Gasteiger partial charge in [-0.1, -0.05) is 42.1 Å². The fourth-order valence-electron chi connectivity index (χ4n) is 3.27. The molecule has 2 N–H and O–H groups in total. The van der Waals surface area contributed by atoms with Gasteiger partial charge in [-0.15, -0.1) is 22.0 Å². The molecule has 2 unspecified atom stereocenters. The highest BCUT2D eigenvalue weighted by atomic mass is 32.2. The Hall–Kier alpha value is -2.33. The first-order valence-electron chi connectivity index (χ1n) is 8.91. The molecule has 2 amide bonds. The highest BCUT2D eigenvalue weighted by Gasteiger charge is 2.51. The Balaban J connectivity index is 1.38. The van der Waals surface area contributed by atoms with Gasteiger partial charge in [0.05, 0.1) is 5.92 Å². The quantitative estimate of drug-likeness (QED) is 0.546. The minimum absolute atomic E-state index is 0.0432. The lowest BCUT2D eigenvalue weighted by Crippen LogP contribution is -2.70. The summed E-state index contributed by atoms with van der Waals surface area (Å²) < 4.78 is 0. The molecule has 2 aliphatic heterocycles. The predicted octanol–water partition coefficient (Wildman–Crippen LogP) is 1.77. The van der Waals surface area contributed by atoms with E-state index < -0.39 is 6.04 Å². The third kappa shape index (κ3) is 3.53. The first-order chi connectivity index (χ1) is 13.6. The molecule has 2 aromatic rings. The van der Waals surface area contributed by atoms with Crippen LogP contribution in [0.2, 0.25) is 0 Å². The van der Waals surface area contributed by atoms with Crippen molar-refractivity contribution in [1.82, 2.24) is 30.8 Å². The molecule has 0 aliphatic carbocycles. The maximum absolute atomic E-state index is 12.7. The minimum Gasteiger partial charge on any atom is -0.341 e. The Bertz CT molecular complexity index is 902. The molecule has 0 radical (unpaired) electrons. The Morgan fingerprint density at radius 1 is 1.43 bits per heavy atom. The van der Waals surface area contributed by atoms with Gasteiger partial charge in [0.15, 0.2) is 0 Å². The third-order valence-corrected chi connectivity index (χ3v) is 7.30. The molecule has 1 saturated heterocycles. The van der Waals surface area contributed by atoms with Gasteiger partial charge in [-0.05, 0) is 30.2 Å². The highest BCUT2D eigenvalue weighted by Crippen LogP contribution is 2.41. The van der Waals surface area contributed by atoms with Crippen molar-refractivity contribution in [3.05, 3.63) is 47.2 Å². The number of nitrogens with one attached hydrogen (secondary N) is 2. The van der Waals surface area contributed by atoms with Gasteiger partial charge in [0.1, 0.15) is 11.4 Å². The second-order valence-electron chi connectivity index (χ2n) is 6.70. The average Bonchev–Trinajstić information content (AvgIpc) is 3.24. The summed E-state index contributed by atoms with van der Waals surface area (Å²) in [6, 6.07) is 9.13. The molecule has 0 bridgehead atoms. The number of nitrogens with zero attached hydrogens (tertiary/aromatic N) is 4. The smallest absolute Gasteiger partial charge is 0.253 e. The summed E-state index contributed by atoms with van der Waals surface area (Å²) in [5, 5.41) is 17.3. The van der Waals surface area contributed by atoms with Crippen LogP contribution in [0.1, 0.15) is 25.3 Å². The van der Waals surface area contributed by atoms with Gasteiger partial charge in [0.2, 0.25) is 11.1 Å². The van der Waals surface area contributed by atoms with Crippen molar-refractivity contribution in [1.29, 1.82) is 0 Å². The number of fused-ring (bicyclic) bond motifs is 1. The number of β-lactam (4-membered cyclic amide) rings is 1. The van der Waals surface area contributed by atoms with Gasteiger partial charge in [-0.25, -0.2) is 0 Å². The molecule has 146 valence electrons. The van der Waals surface area contributed by atoms with E-state index in [0.717, 1.165) is 17.0 Å². The first-order valence-corrected chi connectivity index (χ1v) is 10.9. The van der Waals surface area contributed by atoms with E-state index in [0.29, 0.717) is 10.9 Å². The maximum atomic E-state index is 12.7. The summed E-state index contributed by atoms with van der Waals surface area (Å²) in [7, 11) is 0. The number of aromatic nitrogens is 4. The fraction of sp³-hybridized carbons (Fsp3) is 0.389. The normalized spacial score (nSPS) is 22.5. The van der Waals surface area contributed by atoms with Crippen LogP contribution in [0.15, 0.2) is 46.8 Å². The standard InChI is InChI=1S/C18H20N6O2S2/c1-10(12-6-4-3-5-7-12)15(25)19-14-16(26)24-11(2)13(8-27-17(14)24)9-28-18-20-22-23-21-18/h3-7,10,14,17H,8-9H2,1-2H3,(H,19,25)(H,20,21,22,23)/t10?,14?,17-/m1/s1. The van der Waals surface area contributed by atoms with E-state index in [1.165, 1.54) is 17.3 Å². The van der Waals surface area contributed by atoms with Gasteiger partial charge in [-0.3, -0.25) is 14.5 Å². The van der Waals surface area contributed by atoms with Crippen LogP contribution in [-0.2, 0) is 9.59 Å². The molecule has 2 aliphatic rings. The molecule has 0 spiro atoms. The van der Waals surface area contributed by atoms with E-state index in [4.69, 9.17) is 0 Å². The summed E-state index contributed by atoms with van der Waals surface area (Å²) >= 11 is 3.16. The van der Waals surface area contributed by atoms with Crippen molar-refractivity contribution >= 4 is 35.3 Å². The second-order valence-corrected chi connectivity index (χ2v) is 8.75. The van der Waals surface area contributed by atoms with Crippen molar-refractivity contribution in [3.63, 3.8) is 0 Å². The molecule has 1 aromatic heterocycles. The van der Waals surface area contributed by atoms with Crippen molar-refractivity contribution in [2.75, 3.05) is 11.5 Å². The number of benzene rings is 1. The van der Waals surface area contributed by atoms with Crippen LogP contribution < -0.4 is 5.32 Å². The van der Waals surface area contributed by atoms with Crippen molar-refractivity contribution in [2.45, 2.75) is 36.3 Å². The number of carbonyl (C=O) groups excluding carboxylic acids is 2. The van der Waals surface area contributed by atoms with Crippen LogP contribution in [0, 0.1) is 0 Å². The molecular weight excluding hydrogens is 396 g/mol. The number of hydrogen-bond acceptors (Lipinski definition) is 7. The second kappa shape index (κ2) is 7.96. The number of rotatable bonds is 6. The largest absolute Gasteiger partial charge is 0.341 e. The van der Waals surface area contributed by atoms with Gasteiger partial charge >= 0.3 is 0 Å². The number of hydrogen-bond donors (Lipinski definition) is 2. The van der Waals surface area contributed by atoms with Crippen LogP contribution >= 0.6 is 23.5 Å². The molecule has 0 saturated carbocycles. The van der Waals surface area contributed by atoms with Crippen molar-refractivity contribution < 1.29 is 9.59 Å². The lowest BCUT2D eigenvalue weighted by molar-refractivity contribution is -0.146. The van der Waals surface area contributed by atoms with Crippen LogP contribution in [0.4, 0.5) is 0 Å². The number of carbonyl (C=O) groups is 2. The van der Waals surface area contributed by atoms with Crippen molar-refractivity contribution in [3.8, 4) is 0 Å². The van der Waals surface area contributed by atoms with Crippen LogP contribution in [-0.4, -0.2) is 60.3 Å². The fourth-order valence-corrected chi connectivity index (χ4v) is 5.69. The van der Waals surface area contributed by atoms with Gasteiger partial charge in [0.25, 0.3) is 5.91 Å². The topological polar surface area (TPSA) is 104 Å². The Morgan fingerprint density at radius 2 is 2.21 bits per heavy atom. The van der Waals surface area contributed by atoms with E-state index in [9.17, 15) is 9.59 Å². The Morgan fingerprint density at radius 3 is 2.93 bits per heavy atom. The van der Waals surface area contributed by atoms with E-state index in [2.05, 4.69) is 25.9 Å². The Labute approximate surface area is 170 Å². The van der Waals surface area contributed by atoms with Crippen LogP contribution in [0.5, 0.6) is 0 Å². The van der Waals surface area contributed by atoms with E-state index in [-0.39, 0.29) is 23.1 Å². The molecule has 3 heterocycles. The summed E-state index contributed by atoms with van der Waals surface area (Å²) in [6.45, 7) is 3.82. The summed E-state index contributed by atoms with van der Waals surface area (Å²) in [5.41, 5.74) is 3.08. The average molecular weight is 417 g/mol. The molecule has 1 fully saturated rings. The van der Waals surface area contributed by atoms with Crippen LogP contribution in [0.3, 0.4) is 0 Å². The number of amides is 2. The van der Waals surface area contributed by atoms with Gasteiger partial charge < -0.3 is 5.32 Å². The molecule has 10 heteroatoms. The summed E-state index contributed by atoms with van der Waals surface area (Å²) in [4.78, 5) is 27.1. The van der Waals surface area contributed by atoms with Gasteiger partial charge in [0, 0.05) is 17.2 Å².